The van der Waals surface area contributed by atoms with Crippen LogP contribution in [0.5, 0.6) is 0 Å². The van der Waals surface area contributed by atoms with Crippen LogP contribution >= 0.6 is 0 Å². The SMILES string of the molecule is O=S(=O)(NCCCOCCO)c1cnc(-c2ccccc2)o1. The summed E-state index contributed by atoms with van der Waals surface area (Å²) in [6.45, 7) is 0.783. The van der Waals surface area contributed by atoms with Crippen molar-refractivity contribution in [2.75, 3.05) is 26.4 Å². The Kier molecular flexibility index (Phi) is 6.08. The summed E-state index contributed by atoms with van der Waals surface area (Å²) < 4.78 is 36.8. The molecule has 120 valence electrons. The van der Waals surface area contributed by atoms with E-state index in [-0.39, 0.29) is 30.7 Å². The number of rotatable bonds is 9. The highest BCUT2D eigenvalue weighted by atomic mass is 32.2. The van der Waals surface area contributed by atoms with E-state index in [4.69, 9.17) is 14.3 Å². The van der Waals surface area contributed by atoms with Gasteiger partial charge in [-0.15, -0.1) is 0 Å². The molecule has 1 aromatic carbocycles. The Morgan fingerprint density at radius 3 is 2.73 bits per heavy atom. The predicted molar refractivity (Wildman–Crippen MR) is 79.6 cm³/mol. The van der Waals surface area contributed by atoms with Gasteiger partial charge in [0.15, 0.2) is 0 Å². The molecular weight excluding hydrogens is 308 g/mol. The maximum absolute atomic E-state index is 12.0. The lowest BCUT2D eigenvalue weighted by molar-refractivity contribution is 0.0913. The number of hydrogen-bond donors (Lipinski definition) is 2. The van der Waals surface area contributed by atoms with E-state index in [1.807, 2.05) is 18.2 Å². The van der Waals surface area contributed by atoms with E-state index in [1.54, 1.807) is 12.1 Å². The van der Waals surface area contributed by atoms with Gasteiger partial charge in [-0.25, -0.2) is 18.1 Å². The van der Waals surface area contributed by atoms with Crippen LogP contribution in [0, 0.1) is 0 Å². The lowest BCUT2D eigenvalue weighted by Gasteiger charge is -2.04. The third-order valence-corrected chi connectivity index (χ3v) is 4.07. The van der Waals surface area contributed by atoms with Gasteiger partial charge in [0.25, 0.3) is 15.1 Å². The number of aromatic nitrogens is 1. The molecule has 2 rings (SSSR count). The summed E-state index contributed by atoms with van der Waals surface area (Å²) in [4.78, 5) is 3.98. The van der Waals surface area contributed by atoms with E-state index in [2.05, 4.69) is 9.71 Å². The lowest BCUT2D eigenvalue weighted by atomic mass is 10.2. The largest absolute Gasteiger partial charge is 0.423 e. The number of ether oxygens (including phenoxy) is 1. The second-order valence-corrected chi connectivity index (χ2v) is 6.14. The van der Waals surface area contributed by atoms with Crippen LogP contribution in [0.4, 0.5) is 0 Å². The van der Waals surface area contributed by atoms with Crippen molar-refractivity contribution in [2.45, 2.75) is 11.5 Å². The number of aliphatic hydroxyl groups excluding tert-OH is 1. The molecule has 0 unspecified atom stereocenters. The van der Waals surface area contributed by atoms with Gasteiger partial charge in [-0.2, -0.15) is 0 Å². The number of sulfonamides is 1. The molecule has 2 aromatic rings. The Labute approximate surface area is 129 Å². The van der Waals surface area contributed by atoms with Gasteiger partial charge in [-0.05, 0) is 18.6 Å². The van der Waals surface area contributed by atoms with E-state index >= 15 is 0 Å². The van der Waals surface area contributed by atoms with Crippen molar-refractivity contribution >= 4 is 10.0 Å². The second-order valence-electron chi connectivity index (χ2n) is 4.44. The first-order valence-corrected chi connectivity index (χ1v) is 8.31. The zero-order valence-electron chi connectivity index (χ0n) is 11.9. The van der Waals surface area contributed by atoms with Crippen molar-refractivity contribution in [2.24, 2.45) is 0 Å². The van der Waals surface area contributed by atoms with Gasteiger partial charge in [0.05, 0.1) is 19.4 Å². The van der Waals surface area contributed by atoms with E-state index in [0.29, 0.717) is 18.6 Å². The normalized spacial score (nSPS) is 11.7. The van der Waals surface area contributed by atoms with Crippen LogP contribution in [0.1, 0.15) is 6.42 Å². The van der Waals surface area contributed by atoms with Crippen molar-refractivity contribution in [3.05, 3.63) is 36.5 Å². The molecule has 0 bridgehead atoms. The smallest absolute Gasteiger partial charge is 0.275 e. The Morgan fingerprint density at radius 1 is 1.23 bits per heavy atom. The van der Waals surface area contributed by atoms with Crippen LogP contribution < -0.4 is 4.72 Å². The molecule has 1 aromatic heterocycles. The van der Waals surface area contributed by atoms with Crippen LogP contribution in [-0.2, 0) is 14.8 Å². The highest BCUT2D eigenvalue weighted by molar-refractivity contribution is 7.89. The molecule has 1 heterocycles. The first kappa shape index (κ1) is 16.6. The number of nitrogens with zero attached hydrogens (tertiary/aromatic N) is 1. The van der Waals surface area contributed by atoms with Gasteiger partial charge < -0.3 is 14.3 Å². The monoisotopic (exact) mass is 326 g/mol. The van der Waals surface area contributed by atoms with Gasteiger partial charge in [0.1, 0.15) is 0 Å². The Bertz CT molecular complexity index is 670. The van der Waals surface area contributed by atoms with Crippen molar-refractivity contribution in [3.63, 3.8) is 0 Å². The van der Waals surface area contributed by atoms with Crippen LogP contribution in [0.3, 0.4) is 0 Å². The minimum absolute atomic E-state index is 0.0495. The van der Waals surface area contributed by atoms with Gasteiger partial charge in [-0.3, -0.25) is 0 Å². The van der Waals surface area contributed by atoms with Gasteiger partial charge in [0.2, 0.25) is 5.89 Å². The molecule has 22 heavy (non-hydrogen) atoms. The fraction of sp³-hybridized carbons (Fsp3) is 0.357. The Morgan fingerprint density at radius 2 is 2.00 bits per heavy atom. The first-order valence-electron chi connectivity index (χ1n) is 6.83. The first-order chi connectivity index (χ1) is 10.6. The third-order valence-electron chi connectivity index (χ3n) is 2.76. The number of nitrogens with one attached hydrogen (secondary N) is 1. The summed E-state index contributed by atoms with van der Waals surface area (Å²) in [5.74, 6) is 0.257. The Hall–Kier alpha value is -1.74. The average Bonchev–Trinajstić information content (AvgIpc) is 3.02. The van der Waals surface area contributed by atoms with E-state index in [1.165, 1.54) is 6.20 Å². The van der Waals surface area contributed by atoms with Crippen molar-refractivity contribution in [1.29, 1.82) is 0 Å². The molecule has 2 N–H and O–H groups in total. The molecule has 7 nitrogen and oxygen atoms in total. The number of hydrogen-bond acceptors (Lipinski definition) is 6. The van der Waals surface area contributed by atoms with Gasteiger partial charge in [-0.1, -0.05) is 18.2 Å². The quantitative estimate of drug-likeness (QED) is 0.667. The molecule has 0 fully saturated rings. The van der Waals surface area contributed by atoms with Gasteiger partial charge in [0, 0.05) is 18.7 Å². The van der Waals surface area contributed by atoms with Crippen LogP contribution in [0.2, 0.25) is 0 Å². The summed E-state index contributed by atoms with van der Waals surface area (Å²) in [7, 11) is -3.72. The summed E-state index contributed by atoms with van der Waals surface area (Å²) in [5.41, 5.74) is 0.710. The lowest BCUT2D eigenvalue weighted by Crippen LogP contribution is -2.25. The molecule has 0 saturated carbocycles. The van der Waals surface area contributed by atoms with Crippen molar-refractivity contribution in [1.82, 2.24) is 9.71 Å². The fourth-order valence-electron chi connectivity index (χ4n) is 1.72. The minimum atomic E-state index is -3.72. The zero-order chi connectivity index (χ0) is 15.8. The number of benzene rings is 1. The highest BCUT2D eigenvalue weighted by Crippen LogP contribution is 2.20. The minimum Gasteiger partial charge on any atom is -0.423 e. The average molecular weight is 326 g/mol. The number of oxazole rings is 1. The Balaban J connectivity index is 1.92. The van der Waals surface area contributed by atoms with Crippen LogP contribution in [-0.4, -0.2) is 44.9 Å². The van der Waals surface area contributed by atoms with E-state index in [9.17, 15) is 8.42 Å². The van der Waals surface area contributed by atoms with Crippen molar-refractivity contribution in [3.8, 4) is 11.5 Å². The van der Waals surface area contributed by atoms with Crippen LogP contribution in [0.25, 0.3) is 11.5 Å². The molecule has 0 aliphatic heterocycles. The second kappa shape index (κ2) is 8.04. The zero-order valence-corrected chi connectivity index (χ0v) is 12.8. The predicted octanol–water partition coefficient (Wildman–Crippen LogP) is 1.02. The topological polar surface area (TPSA) is 102 Å². The molecule has 0 radical (unpaired) electrons. The van der Waals surface area contributed by atoms with E-state index < -0.39 is 10.0 Å². The molecule has 0 aliphatic carbocycles. The maximum atomic E-state index is 12.0. The van der Waals surface area contributed by atoms with Crippen molar-refractivity contribution < 1.29 is 22.7 Å². The van der Waals surface area contributed by atoms with Crippen LogP contribution in [0.15, 0.2) is 46.0 Å². The fourth-order valence-corrected chi connectivity index (χ4v) is 2.65. The number of aliphatic hydroxyl groups is 1. The third kappa shape index (κ3) is 4.63. The van der Waals surface area contributed by atoms with E-state index in [0.717, 1.165) is 0 Å². The molecule has 0 spiro atoms. The summed E-state index contributed by atoms with van der Waals surface area (Å²) in [6, 6.07) is 9.06. The standard InChI is InChI=1S/C14H18N2O5S/c17-8-10-20-9-4-7-16-22(18,19)13-11-15-14(21-13)12-5-2-1-3-6-12/h1-3,5-6,11,16-17H,4,7-10H2. The molecule has 0 amide bonds. The molecule has 0 saturated heterocycles. The summed E-state index contributed by atoms with van der Waals surface area (Å²) in [6.07, 6.45) is 1.69. The molecule has 0 atom stereocenters. The summed E-state index contributed by atoms with van der Waals surface area (Å²) >= 11 is 0. The molecular formula is C14H18N2O5S. The highest BCUT2D eigenvalue weighted by Gasteiger charge is 2.19. The van der Waals surface area contributed by atoms with Gasteiger partial charge >= 0.3 is 0 Å². The molecule has 0 aliphatic rings. The summed E-state index contributed by atoms with van der Waals surface area (Å²) in [5, 5.41) is 8.32. The molecule has 8 heteroatoms. The maximum Gasteiger partial charge on any atom is 0.275 e.